The van der Waals surface area contributed by atoms with E-state index in [9.17, 15) is 4.79 Å². The Morgan fingerprint density at radius 3 is 1.81 bits per heavy atom. The van der Waals surface area contributed by atoms with Crippen LogP contribution in [0, 0.1) is 0 Å². The molecule has 4 aromatic carbocycles. The molecule has 0 saturated carbocycles. The summed E-state index contributed by atoms with van der Waals surface area (Å²) in [5.41, 5.74) is 6.61. The van der Waals surface area contributed by atoms with Gasteiger partial charge in [0.15, 0.2) is 0 Å². The SMILES string of the molecule is C[C@H](NC(=O)N[C@H]1CNC(C(c2ccc(C(C)(C)C)cc2)c2ccc(C(C)(C)C)cc2)C1)c1ccc2ccccc2c1. The molecule has 1 saturated heterocycles. The Kier molecular flexibility index (Phi) is 8.48. The van der Waals surface area contributed by atoms with Crippen molar-refractivity contribution in [2.24, 2.45) is 0 Å². The van der Waals surface area contributed by atoms with Crippen LogP contribution in [0.5, 0.6) is 0 Å². The molecule has 0 spiro atoms. The second-order valence-electron chi connectivity index (χ2n) is 14.1. The van der Waals surface area contributed by atoms with Gasteiger partial charge in [-0.15, -0.1) is 0 Å². The van der Waals surface area contributed by atoms with Gasteiger partial charge in [0.2, 0.25) is 0 Å². The summed E-state index contributed by atoms with van der Waals surface area (Å²) in [7, 11) is 0. The highest BCUT2D eigenvalue weighted by atomic mass is 16.2. The standard InChI is InChI=1S/C38H47N3O/c1-25(29-13-12-26-10-8-9-11-30(26)22-29)40-36(42)41-33-23-34(39-24-33)35(27-14-18-31(19-15-27)37(2,3)4)28-16-20-32(21-17-28)38(5,6)7/h8-22,25,33-35,39H,23-24H2,1-7H3,(H2,40,41,42)/t25-,33+,34?/m0/s1. The third-order valence-electron chi connectivity index (χ3n) is 8.80. The molecule has 220 valence electrons. The topological polar surface area (TPSA) is 53.2 Å². The first kappa shape index (κ1) is 29.8. The molecule has 4 heteroatoms. The van der Waals surface area contributed by atoms with Gasteiger partial charge in [0.1, 0.15) is 0 Å². The molecule has 3 N–H and O–H groups in total. The molecule has 0 bridgehead atoms. The fourth-order valence-electron chi connectivity index (χ4n) is 6.15. The van der Waals surface area contributed by atoms with E-state index >= 15 is 0 Å². The summed E-state index contributed by atoms with van der Waals surface area (Å²) in [6.45, 7) is 16.3. The van der Waals surface area contributed by atoms with Crippen molar-refractivity contribution in [2.45, 2.75) is 89.8 Å². The minimum atomic E-state index is -0.122. The van der Waals surface area contributed by atoms with Gasteiger partial charge < -0.3 is 16.0 Å². The van der Waals surface area contributed by atoms with Crippen molar-refractivity contribution < 1.29 is 4.79 Å². The minimum Gasteiger partial charge on any atom is -0.334 e. The predicted octanol–water partition coefficient (Wildman–Crippen LogP) is 8.36. The van der Waals surface area contributed by atoms with E-state index in [2.05, 4.69) is 136 Å². The Morgan fingerprint density at radius 2 is 1.26 bits per heavy atom. The van der Waals surface area contributed by atoms with Crippen molar-refractivity contribution >= 4 is 16.8 Å². The van der Waals surface area contributed by atoms with Crippen LogP contribution in [-0.2, 0) is 10.8 Å². The fraction of sp³-hybridized carbons (Fsp3) is 0.395. The Bertz CT molecular complexity index is 1450. The van der Waals surface area contributed by atoms with E-state index in [-0.39, 0.29) is 40.9 Å². The maximum Gasteiger partial charge on any atom is 0.315 e. The van der Waals surface area contributed by atoms with E-state index in [1.807, 2.05) is 19.1 Å². The van der Waals surface area contributed by atoms with Crippen LogP contribution in [0.25, 0.3) is 10.8 Å². The number of fused-ring (bicyclic) bond motifs is 1. The summed E-state index contributed by atoms with van der Waals surface area (Å²) >= 11 is 0. The van der Waals surface area contributed by atoms with E-state index in [0.29, 0.717) is 0 Å². The second kappa shape index (κ2) is 11.9. The van der Waals surface area contributed by atoms with Gasteiger partial charge in [0.05, 0.1) is 6.04 Å². The summed E-state index contributed by atoms with van der Waals surface area (Å²) in [5.74, 6) is 0.194. The molecule has 1 fully saturated rings. The number of amides is 2. The van der Waals surface area contributed by atoms with Gasteiger partial charge in [0.25, 0.3) is 0 Å². The molecule has 0 aromatic heterocycles. The van der Waals surface area contributed by atoms with Crippen molar-refractivity contribution in [2.75, 3.05) is 6.54 Å². The zero-order valence-corrected chi connectivity index (χ0v) is 26.3. The Labute approximate surface area is 252 Å². The lowest BCUT2D eigenvalue weighted by molar-refractivity contribution is 0.234. The molecule has 5 rings (SSSR count). The van der Waals surface area contributed by atoms with Crippen molar-refractivity contribution in [1.82, 2.24) is 16.0 Å². The highest BCUT2D eigenvalue weighted by Crippen LogP contribution is 2.35. The van der Waals surface area contributed by atoms with Crippen LogP contribution in [0.4, 0.5) is 4.79 Å². The Morgan fingerprint density at radius 1 is 0.738 bits per heavy atom. The molecule has 0 aliphatic carbocycles. The Hall–Kier alpha value is -3.63. The monoisotopic (exact) mass is 561 g/mol. The van der Waals surface area contributed by atoms with Crippen LogP contribution in [0.2, 0.25) is 0 Å². The van der Waals surface area contributed by atoms with E-state index in [1.165, 1.54) is 33.0 Å². The molecule has 0 radical (unpaired) electrons. The minimum absolute atomic E-state index is 0.0593. The molecule has 4 aromatic rings. The highest BCUT2D eigenvalue weighted by molar-refractivity contribution is 5.83. The molecule has 2 amide bonds. The molecule has 4 nitrogen and oxygen atoms in total. The molecular formula is C38H47N3O. The van der Waals surface area contributed by atoms with E-state index in [4.69, 9.17) is 0 Å². The van der Waals surface area contributed by atoms with E-state index < -0.39 is 0 Å². The zero-order chi connectivity index (χ0) is 30.1. The number of hydrogen-bond donors (Lipinski definition) is 3. The summed E-state index contributed by atoms with van der Waals surface area (Å²) < 4.78 is 0. The molecule has 1 aliphatic heterocycles. The van der Waals surface area contributed by atoms with Crippen molar-refractivity contribution in [3.05, 3.63) is 119 Å². The lowest BCUT2D eigenvalue weighted by Gasteiger charge is -2.28. The first-order chi connectivity index (χ1) is 19.9. The Balaban J connectivity index is 1.29. The number of urea groups is 1. The van der Waals surface area contributed by atoms with Gasteiger partial charge in [0, 0.05) is 24.5 Å². The summed E-state index contributed by atoms with van der Waals surface area (Å²) in [4.78, 5) is 13.1. The molecule has 1 unspecified atom stereocenters. The number of rotatable bonds is 6. The fourth-order valence-corrected chi connectivity index (χ4v) is 6.15. The second-order valence-corrected chi connectivity index (χ2v) is 14.1. The number of carbonyl (C=O) groups excluding carboxylic acids is 1. The maximum absolute atomic E-state index is 13.1. The average molecular weight is 562 g/mol. The maximum atomic E-state index is 13.1. The molecule has 42 heavy (non-hydrogen) atoms. The van der Waals surface area contributed by atoms with Gasteiger partial charge >= 0.3 is 6.03 Å². The smallest absolute Gasteiger partial charge is 0.315 e. The van der Waals surface area contributed by atoms with Crippen molar-refractivity contribution in [1.29, 1.82) is 0 Å². The first-order valence-corrected chi connectivity index (χ1v) is 15.4. The third kappa shape index (κ3) is 6.87. The number of nitrogens with one attached hydrogen (secondary N) is 3. The van der Waals surface area contributed by atoms with Gasteiger partial charge in [-0.3, -0.25) is 0 Å². The molecule has 3 atom stereocenters. The van der Waals surface area contributed by atoms with E-state index in [1.54, 1.807) is 0 Å². The number of carbonyl (C=O) groups is 1. The highest BCUT2D eigenvalue weighted by Gasteiger charge is 2.33. The predicted molar refractivity (Wildman–Crippen MR) is 176 cm³/mol. The van der Waals surface area contributed by atoms with Crippen molar-refractivity contribution in [3.63, 3.8) is 0 Å². The van der Waals surface area contributed by atoms with Crippen LogP contribution in [-0.4, -0.2) is 24.7 Å². The van der Waals surface area contributed by atoms with Crippen LogP contribution < -0.4 is 16.0 Å². The van der Waals surface area contributed by atoms with Gasteiger partial charge in [-0.2, -0.15) is 0 Å². The van der Waals surface area contributed by atoms with E-state index in [0.717, 1.165) is 18.5 Å². The third-order valence-corrected chi connectivity index (χ3v) is 8.80. The molecule has 1 aliphatic rings. The van der Waals surface area contributed by atoms with Crippen LogP contribution in [0.15, 0.2) is 91.0 Å². The lowest BCUT2D eigenvalue weighted by Crippen LogP contribution is -2.43. The lowest BCUT2D eigenvalue weighted by atomic mass is 9.80. The number of hydrogen-bond acceptors (Lipinski definition) is 2. The van der Waals surface area contributed by atoms with Crippen molar-refractivity contribution in [3.8, 4) is 0 Å². The largest absolute Gasteiger partial charge is 0.334 e. The normalized spacial score (nSPS) is 18.3. The van der Waals surface area contributed by atoms with Gasteiger partial charge in [-0.25, -0.2) is 4.79 Å². The van der Waals surface area contributed by atoms with Crippen LogP contribution in [0.1, 0.15) is 94.7 Å². The average Bonchev–Trinajstić information content (AvgIpc) is 3.40. The first-order valence-electron chi connectivity index (χ1n) is 15.4. The molecule has 1 heterocycles. The summed E-state index contributed by atoms with van der Waals surface area (Å²) in [6, 6.07) is 33.0. The number of benzene rings is 4. The summed E-state index contributed by atoms with van der Waals surface area (Å²) in [5, 5.41) is 12.6. The quantitative estimate of drug-likeness (QED) is 0.222. The van der Waals surface area contributed by atoms with Gasteiger partial charge in [-0.05, 0) is 68.8 Å². The summed E-state index contributed by atoms with van der Waals surface area (Å²) in [6.07, 6.45) is 0.866. The zero-order valence-electron chi connectivity index (χ0n) is 26.3. The van der Waals surface area contributed by atoms with Crippen LogP contribution >= 0.6 is 0 Å². The van der Waals surface area contributed by atoms with Crippen LogP contribution in [0.3, 0.4) is 0 Å². The van der Waals surface area contributed by atoms with Gasteiger partial charge in [-0.1, -0.05) is 126 Å². The molecular weight excluding hydrogens is 514 g/mol.